The number of amides is 1. The van der Waals surface area contributed by atoms with E-state index >= 15 is 0 Å². The Morgan fingerprint density at radius 3 is 2.62 bits per heavy atom. The van der Waals surface area contributed by atoms with Crippen LogP contribution in [0.3, 0.4) is 0 Å². The fourth-order valence-electron chi connectivity index (χ4n) is 2.29. The number of ether oxygens (including phenoxy) is 1. The van der Waals surface area contributed by atoms with Crippen LogP contribution in [-0.4, -0.2) is 26.1 Å². The molecule has 1 amide bonds. The number of hydrogen-bond acceptors (Lipinski definition) is 6. The third kappa shape index (κ3) is 4.64. The van der Waals surface area contributed by atoms with Gasteiger partial charge in [0.15, 0.2) is 0 Å². The van der Waals surface area contributed by atoms with Crippen molar-refractivity contribution in [3.63, 3.8) is 0 Å². The van der Waals surface area contributed by atoms with Crippen molar-refractivity contribution in [3.8, 4) is 11.8 Å². The number of benzene rings is 2. The van der Waals surface area contributed by atoms with Gasteiger partial charge in [-0.3, -0.25) is 4.79 Å². The van der Waals surface area contributed by atoms with Crippen molar-refractivity contribution in [3.05, 3.63) is 72.1 Å². The van der Waals surface area contributed by atoms with Crippen LogP contribution in [0.1, 0.15) is 17.2 Å². The largest absolute Gasteiger partial charge is 0.489 e. The summed E-state index contributed by atoms with van der Waals surface area (Å²) in [6.45, 7) is 0.411. The molecule has 0 spiro atoms. The molecule has 1 heterocycles. The van der Waals surface area contributed by atoms with Gasteiger partial charge in [-0.15, -0.1) is 5.10 Å². The van der Waals surface area contributed by atoms with Gasteiger partial charge in [0.25, 0.3) is 0 Å². The molecule has 3 rings (SSSR count). The first kappa shape index (κ1) is 17.1. The van der Waals surface area contributed by atoms with E-state index in [1.54, 1.807) is 24.3 Å². The molecule has 0 aliphatic heterocycles. The van der Waals surface area contributed by atoms with Crippen molar-refractivity contribution < 1.29 is 9.53 Å². The number of nitrogens with one attached hydrogen (secondary N) is 1. The summed E-state index contributed by atoms with van der Waals surface area (Å²) in [6.07, 6.45) is 1.33. The van der Waals surface area contributed by atoms with Crippen molar-refractivity contribution in [1.82, 2.24) is 25.5 Å². The Balaban J connectivity index is 1.57. The van der Waals surface area contributed by atoms with Crippen LogP contribution in [0.15, 0.2) is 60.9 Å². The molecular weight excluding hydrogens is 332 g/mol. The highest BCUT2D eigenvalue weighted by Gasteiger charge is 2.14. The normalized spacial score (nSPS) is 11.3. The van der Waals surface area contributed by atoms with Gasteiger partial charge in [0.05, 0.1) is 6.07 Å². The van der Waals surface area contributed by atoms with Gasteiger partial charge in [-0.1, -0.05) is 42.5 Å². The molecule has 1 atom stereocenters. The molecule has 26 heavy (non-hydrogen) atoms. The summed E-state index contributed by atoms with van der Waals surface area (Å²) in [7, 11) is 0. The summed E-state index contributed by atoms with van der Waals surface area (Å²) < 4.78 is 7.00. The maximum Gasteiger partial charge on any atom is 0.243 e. The van der Waals surface area contributed by atoms with Gasteiger partial charge < -0.3 is 10.1 Å². The molecule has 0 fully saturated rings. The van der Waals surface area contributed by atoms with E-state index < -0.39 is 6.04 Å². The lowest BCUT2D eigenvalue weighted by molar-refractivity contribution is -0.122. The number of carbonyl (C=O) groups is 1. The Kier molecular flexibility index (Phi) is 5.52. The zero-order chi connectivity index (χ0) is 18.2. The Labute approximate surface area is 150 Å². The molecule has 0 saturated carbocycles. The van der Waals surface area contributed by atoms with E-state index in [-0.39, 0.29) is 12.5 Å². The van der Waals surface area contributed by atoms with E-state index in [1.807, 2.05) is 30.3 Å². The third-order valence-corrected chi connectivity index (χ3v) is 3.59. The topological polar surface area (TPSA) is 106 Å². The standard InChI is InChI=1S/C18H16N6O2/c19-10-17(21-18(25)11-24-13-20-22-23-24)15-6-8-16(9-7-15)26-12-14-4-2-1-3-5-14/h1-9,13,17H,11-12H2,(H,21,25)/t17-/m0/s1. The van der Waals surface area contributed by atoms with Crippen LogP contribution in [0.4, 0.5) is 0 Å². The third-order valence-electron chi connectivity index (χ3n) is 3.59. The minimum absolute atomic E-state index is 0.0521. The van der Waals surface area contributed by atoms with Crippen LogP contribution >= 0.6 is 0 Å². The molecule has 1 N–H and O–H groups in total. The zero-order valence-electron chi connectivity index (χ0n) is 13.8. The molecule has 8 nitrogen and oxygen atoms in total. The lowest BCUT2D eigenvalue weighted by atomic mass is 10.1. The summed E-state index contributed by atoms with van der Waals surface area (Å²) in [5.74, 6) is 0.336. The number of aromatic nitrogens is 4. The van der Waals surface area contributed by atoms with Gasteiger partial charge >= 0.3 is 0 Å². The molecule has 0 unspecified atom stereocenters. The van der Waals surface area contributed by atoms with Crippen LogP contribution in [0.2, 0.25) is 0 Å². The van der Waals surface area contributed by atoms with E-state index in [1.165, 1.54) is 11.0 Å². The number of nitrogens with zero attached hydrogens (tertiary/aromatic N) is 5. The summed E-state index contributed by atoms with van der Waals surface area (Å²) in [6, 6.07) is 18.2. The smallest absolute Gasteiger partial charge is 0.243 e. The van der Waals surface area contributed by atoms with Crippen molar-refractivity contribution in [2.24, 2.45) is 0 Å². The van der Waals surface area contributed by atoms with Crippen LogP contribution in [0, 0.1) is 11.3 Å². The van der Waals surface area contributed by atoms with E-state index in [0.717, 1.165) is 5.56 Å². The molecular formula is C18H16N6O2. The SMILES string of the molecule is N#C[C@H](NC(=O)Cn1cnnn1)c1ccc(OCc2ccccc2)cc1. The zero-order valence-corrected chi connectivity index (χ0v) is 13.8. The fourth-order valence-corrected chi connectivity index (χ4v) is 2.29. The van der Waals surface area contributed by atoms with Crippen LogP contribution < -0.4 is 10.1 Å². The second kappa shape index (κ2) is 8.39. The molecule has 0 radical (unpaired) electrons. The van der Waals surface area contributed by atoms with Crippen molar-refractivity contribution >= 4 is 5.91 Å². The number of tetrazole rings is 1. The molecule has 0 aliphatic carbocycles. The maximum atomic E-state index is 12.0. The van der Waals surface area contributed by atoms with Crippen molar-refractivity contribution in [2.75, 3.05) is 0 Å². The number of nitriles is 1. The predicted molar refractivity (Wildman–Crippen MR) is 91.5 cm³/mol. The highest BCUT2D eigenvalue weighted by molar-refractivity contribution is 5.76. The van der Waals surface area contributed by atoms with Gasteiger partial charge in [-0.05, 0) is 33.7 Å². The van der Waals surface area contributed by atoms with Crippen LogP contribution in [0.25, 0.3) is 0 Å². The number of rotatable bonds is 7. The lowest BCUT2D eigenvalue weighted by Gasteiger charge is -2.13. The molecule has 0 saturated heterocycles. The van der Waals surface area contributed by atoms with Gasteiger partial charge in [-0.2, -0.15) is 5.26 Å². The second-order valence-corrected chi connectivity index (χ2v) is 5.48. The molecule has 0 aliphatic rings. The first-order valence-electron chi connectivity index (χ1n) is 7.91. The molecule has 130 valence electrons. The molecule has 8 heteroatoms. The molecule has 0 bridgehead atoms. The average Bonchev–Trinajstić information content (AvgIpc) is 3.19. The first-order valence-corrected chi connectivity index (χ1v) is 7.91. The molecule has 2 aromatic carbocycles. The summed E-state index contributed by atoms with van der Waals surface area (Å²) in [5, 5.41) is 22.5. The highest BCUT2D eigenvalue weighted by Crippen LogP contribution is 2.18. The predicted octanol–water partition coefficient (Wildman–Crippen LogP) is 1.63. The number of hydrogen-bond donors (Lipinski definition) is 1. The van der Waals surface area contributed by atoms with Crippen LogP contribution in [0.5, 0.6) is 5.75 Å². The minimum Gasteiger partial charge on any atom is -0.489 e. The second-order valence-electron chi connectivity index (χ2n) is 5.48. The summed E-state index contributed by atoms with van der Waals surface area (Å²) in [4.78, 5) is 12.0. The van der Waals surface area contributed by atoms with E-state index in [4.69, 9.17) is 4.74 Å². The van der Waals surface area contributed by atoms with Gasteiger partial charge in [-0.25, -0.2) is 4.68 Å². The Morgan fingerprint density at radius 1 is 1.19 bits per heavy atom. The Hall–Kier alpha value is -3.73. The van der Waals surface area contributed by atoms with Crippen molar-refractivity contribution in [1.29, 1.82) is 5.26 Å². The summed E-state index contributed by atoms with van der Waals surface area (Å²) in [5.41, 5.74) is 1.74. The maximum absolute atomic E-state index is 12.0. The minimum atomic E-state index is -0.762. The quantitative estimate of drug-likeness (QED) is 0.696. The van der Waals surface area contributed by atoms with Gasteiger partial charge in [0, 0.05) is 0 Å². The number of carbonyl (C=O) groups excluding carboxylic acids is 1. The van der Waals surface area contributed by atoms with Crippen LogP contribution in [-0.2, 0) is 17.9 Å². The van der Waals surface area contributed by atoms with E-state index in [9.17, 15) is 10.1 Å². The average molecular weight is 348 g/mol. The Bertz CT molecular complexity index is 872. The monoisotopic (exact) mass is 348 g/mol. The Morgan fingerprint density at radius 2 is 1.96 bits per heavy atom. The van der Waals surface area contributed by atoms with Crippen molar-refractivity contribution in [2.45, 2.75) is 19.2 Å². The van der Waals surface area contributed by atoms with E-state index in [0.29, 0.717) is 17.9 Å². The highest BCUT2D eigenvalue weighted by atomic mass is 16.5. The lowest BCUT2D eigenvalue weighted by Crippen LogP contribution is -2.31. The summed E-state index contributed by atoms with van der Waals surface area (Å²) >= 11 is 0. The molecule has 3 aromatic rings. The fraction of sp³-hybridized carbons (Fsp3) is 0.167. The first-order chi connectivity index (χ1) is 12.7. The molecule has 1 aromatic heterocycles. The van der Waals surface area contributed by atoms with Gasteiger partial charge in [0.2, 0.25) is 5.91 Å². The van der Waals surface area contributed by atoms with Gasteiger partial charge in [0.1, 0.15) is 31.3 Å². The van der Waals surface area contributed by atoms with E-state index in [2.05, 4.69) is 26.9 Å².